The zero-order valence-corrected chi connectivity index (χ0v) is 9.67. The Morgan fingerprint density at radius 2 is 1.87 bits per heavy atom. The number of aromatic nitrogens is 1. The van der Waals surface area contributed by atoms with Crippen LogP contribution in [0.15, 0.2) is 18.3 Å². The number of hydrogen-bond acceptors (Lipinski definition) is 1. The summed E-state index contributed by atoms with van der Waals surface area (Å²) in [4.78, 5) is 0. The zero-order chi connectivity index (χ0) is 11.0. The first-order valence-corrected chi connectivity index (χ1v) is 5.40. The van der Waals surface area contributed by atoms with E-state index in [1.165, 1.54) is 27.6 Å². The van der Waals surface area contributed by atoms with E-state index in [1.54, 1.807) is 0 Å². The Labute approximate surface area is 90.7 Å². The highest BCUT2D eigenvalue weighted by Gasteiger charge is 2.07. The number of benzene rings is 1. The molecule has 0 amide bonds. The molecule has 80 valence electrons. The van der Waals surface area contributed by atoms with Gasteiger partial charge in [0.05, 0.1) is 0 Å². The Balaban J connectivity index is 2.75. The first-order chi connectivity index (χ1) is 7.13. The van der Waals surface area contributed by atoms with Gasteiger partial charge in [-0.2, -0.15) is 0 Å². The third-order valence-corrected chi connectivity index (χ3v) is 2.88. The minimum atomic E-state index is 0.691. The van der Waals surface area contributed by atoms with Crippen LogP contribution in [0.5, 0.6) is 0 Å². The predicted molar refractivity (Wildman–Crippen MR) is 65.2 cm³/mol. The zero-order valence-electron chi connectivity index (χ0n) is 9.67. The molecule has 2 rings (SSSR count). The Morgan fingerprint density at radius 1 is 1.13 bits per heavy atom. The van der Waals surface area contributed by atoms with Gasteiger partial charge in [0.1, 0.15) is 0 Å². The van der Waals surface area contributed by atoms with Crippen LogP contribution in [-0.4, -0.2) is 11.1 Å². The number of hydrogen-bond donors (Lipinski definition) is 1. The number of nitrogens with zero attached hydrogens (tertiary/aromatic N) is 1. The van der Waals surface area contributed by atoms with Crippen LogP contribution in [0.3, 0.4) is 0 Å². The number of rotatable bonds is 2. The molecule has 1 heterocycles. The average molecular weight is 202 g/mol. The van der Waals surface area contributed by atoms with Crippen molar-refractivity contribution in [1.29, 1.82) is 0 Å². The first-order valence-electron chi connectivity index (χ1n) is 5.40. The topological polar surface area (TPSA) is 30.9 Å². The molecular weight excluding hydrogens is 184 g/mol. The van der Waals surface area contributed by atoms with Crippen LogP contribution in [0.25, 0.3) is 10.9 Å². The molecule has 0 unspecified atom stereocenters. The van der Waals surface area contributed by atoms with Crippen molar-refractivity contribution in [1.82, 2.24) is 4.57 Å². The fraction of sp³-hybridized carbons (Fsp3) is 0.385. The number of aryl methyl sites for hydroxylation is 3. The van der Waals surface area contributed by atoms with Gasteiger partial charge in [-0.05, 0) is 43.5 Å². The van der Waals surface area contributed by atoms with E-state index in [0.29, 0.717) is 6.54 Å². The smallest absolute Gasteiger partial charge is 0.0488 e. The van der Waals surface area contributed by atoms with Gasteiger partial charge in [-0.25, -0.2) is 0 Å². The molecule has 0 aliphatic rings. The van der Waals surface area contributed by atoms with E-state index in [-0.39, 0.29) is 0 Å². The number of fused-ring (bicyclic) bond motifs is 1. The fourth-order valence-corrected chi connectivity index (χ4v) is 2.38. The summed E-state index contributed by atoms with van der Waals surface area (Å²) in [7, 11) is 0. The molecule has 0 fully saturated rings. The minimum absolute atomic E-state index is 0.691. The molecule has 2 heteroatoms. The fourth-order valence-electron chi connectivity index (χ4n) is 2.38. The van der Waals surface area contributed by atoms with E-state index < -0.39 is 0 Å². The van der Waals surface area contributed by atoms with Crippen molar-refractivity contribution in [3.8, 4) is 0 Å². The van der Waals surface area contributed by atoms with Crippen molar-refractivity contribution >= 4 is 10.9 Å². The van der Waals surface area contributed by atoms with E-state index in [0.717, 1.165) is 6.54 Å². The molecule has 0 aliphatic carbocycles. The summed E-state index contributed by atoms with van der Waals surface area (Å²) < 4.78 is 2.25. The number of nitrogens with two attached hydrogens (primary N) is 1. The van der Waals surface area contributed by atoms with Crippen LogP contribution >= 0.6 is 0 Å². The van der Waals surface area contributed by atoms with Crippen LogP contribution in [0, 0.1) is 20.8 Å². The van der Waals surface area contributed by atoms with E-state index in [2.05, 4.69) is 43.7 Å². The maximum atomic E-state index is 5.62. The molecule has 0 saturated carbocycles. The van der Waals surface area contributed by atoms with Gasteiger partial charge in [0, 0.05) is 30.2 Å². The van der Waals surface area contributed by atoms with Gasteiger partial charge < -0.3 is 10.3 Å². The monoisotopic (exact) mass is 202 g/mol. The van der Waals surface area contributed by atoms with Gasteiger partial charge in [0.15, 0.2) is 0 Å². The summed E-state index contributed by atoms with van der Waals surface area (Å²) in [5.41, 5.74) is 11.0. The van der Waals surface area contributed by atoms with Gasteiger partial charge in [-0.3, -0.25) is 0 Å². The molecule has 2 N–H and O–H groups in total. The highest BCUT2D eigenvalue weighted by molar-refractivity contribution is 5.87. The lowest BCUT2D eigenvalue weighted by atomic mass is 10.1. The lowest BCUT2D eigenvalue weighted by Crippen LogP contribution is -2.08. The Bertz CT molecular complexity index is 495. The van der Waals surface area contributed by atoms with Gasteiger partial charge in [0.25, 0.3) is 0 Å². The summed E-state index contributed by atoms with van der Waals surface area (Å²) in [5.74, 6) is 0. The highest BCUT2D eigenvalue weighted by Crippen LogP contribution is 2.25. The second kappa shape index (κ2) is 3.70. The summed E-state index contributed by atoms with van der Waals surface area (Å²) in [6.07, 6.45) is 2.20. The van der Waals surface area contributed by atoms with Crippen LogP contribution in [-0.2, 0) is 6.54 Å². The normalized spacial score (nSPS) is 11.2. The summed E-state index contributed by atoms with van der Waals surface area (Å²) in [5, 5.41) is 1.38. The molecule has 2 aromatic rings. The van der Waals surface area contributed by atoms with Crippen LogP contribution in [0.2, 0.25) is 0 Å². The Hall–Kier alpha value is -1.28. The van der Waals surface area contributed by atoms with Gasteiger partial charge in [-0.1, -0.05) is 6.07 Å². The van der Waals surface area contributed by atoms with Gasteiger partial charge >= 0.3 is 0 Å². The molecular formula is C13H18N2. The summed E-state index contributed by atoms with van der Waals surface area (Å²) in [6.45, 7) is 8.07. The van der Waals surface area contributed by atoms with Gasteiger partial charge in [-0.15, -0.1) is 0 Å². The lowest BCUT2D eigenvalue weighted by molar-refractivity contribution is 0.733. The highest BCUT2D eigenvalue weighted by atomic mass is 15.0. The summed E-state index contributed by atoms with van der Waals surface area (Å²) in [6, 6.07) is 4.48. The predicted octanol–water partition coefficient (Wildman–Crippen LogP) is 2.53. The molecule has 15 heavy (non-hydrogen) atoms. The quantitative estimate of drug-likeness (QED) is 0.797. The maximum Gasteiger partial charge on any atom is 0.0488 e. The van der Waals surface area contributed by atoms with Crippen LogP contribution in [0.1, 0.15) is 16.7 Å². The molecule has 1 aromatic carbocycles. The standard InChI is InChI=1S/C13H18N2/c1-9-6-10(2)13-11(3)8-15(5-4-14)12(13)7-9/h6-8H,4-5,14H2,1-3H3. The van der Waals surface area contributed by atoms with E-state index >= 15 is 0 Å². The van der Waals surface area contributed by atoms with E-state index in [1.807, 2.05) is 0 Å². The molecule has 0 atom stereocenters. The third-order valence-electron chi connectivity index (χ3n) is 2.88. The lowest BCUT2D eigenvalue weighted by Gasteiger charge is -2.05. The third kappa shape index (κ3) is 1.65. The maximum absolute atomic E-state index is 5.62. The van der Waals surface area contributed by atoms with Crippen LogP contribution < -0.4 is 5.73 Å². The molecule has 0 radical (unpaired) electrons. The molecule has 0 aliphatic heterocycles. The summed E-state index contributed by atoms with van der Waals surface area (Å²) >= 11 is 0. The van der Waals surface area contributed by atoms with Gasteiger partial charge in [0.2, 0.25) is 0 Å². The molecule has 0 bridgehead atoms. The van der Waals surface area contributed by atoms with Crippen molar-refractivity contribution < 1.29 is 0 Å². The molecule has 2 nitrogen and oxygen atoms in total. The molecule has 0 saturated heterocycles. The Morgan fingerprint density at radius 3 is 2.53 bits per heavy atom. The van der Waals surface area contributed by atoms with Crippen molar-refractivity contribution in [2.24, 2.45) is 5.73 Å². The second-order valence-corrected chi connectivity index (χ2v) is 4.27. The first kappa shape index (κ1) is 10.2. The largest absolute Gasteiger partial charge is 0.346 e. The van der Waals surface area contributed by atoms with E-state index in [4.69, 9.17) is 5.73 Å². The van der Waals surface area contributed by atoms with Crippen LogP contribution in [0.4, 0.5) is 0 Å². The SMILES string of the molecule is Cc1cc(C)c2c(C)cn(CCN)c2c1. The van der Waals surface area contributed by atoms with Crippen molar-refractivity contribution in [3.05, 3.63) is 35.0 Å². The molecule has 1 aromatic heterocycles. The van der Waals surface area contributed by atoms with Crippen molar-refractivity contribution in [2.75, 3.05) is 6.54 Å². The van der Waals surface area contributed by atoms with Crippen molar-refractivity contribution in [3.63, 3.8) is 0 Å². The second-order valence-electron chi connectivity index (χ2n) is 4.27. The van der Waals surface area contributed by atoms with E-state index in [9.17, 15) is 0 Å². The Kier molecular flexibility index (Phi) is 2.53. The molecule has 0 spiro atoms. The average Bonchev–Trinajstić information content (AvgIpc) is 2.43. The van der Waals surface area contributed by atoms with Crippen molar-refractivity contribution in [2.45, 2.75) is 27.3 Å². The minimum Gasteiger partial charge on any atom is -0.346 e.